The number of halogens is 1. The van der Waals surface area contributed by atoms with Crippen molar-refractivity contribution < 1.29 is 14.3 Å². The van der Waals surface area contributed by atoms with E-state index in [1.807, 2.05) is 12.2 Å². The van der Waals surface area contributed by atoms with Crippen molar-refractivity contribution in [3.8, 4) is 0 Å². The van der Waals surface area contributed by atoms with Gasteiger partial charge >= 0.3 is 5.97 Å². The van der Waals surface area contributed by atoms with E-state index in [0.29, 0.717) is 23.5 Å². The number of aryl methyl sites for hydroxylation is 1. The number of hydrogen-bond acceptors (Lipinski definition) is 5. The lowest BCUT2D eigenvalue weighted by molar-refractivity contribution is 0.0689. The van der Waals surface area contributed by atoms with Gasteiger partial charge in [-0.2, -0.15) is 4.39 Å². The Morgan fingerprint density at radius 2 is 2.13 bits per heavy atom. The zero-order valence-corrected chi connectivity index (χ0v) is 16.8. The standard InChI is InChI=1S/C22H22FN5O2/c1-3-8-16-18(26-14-28-19(22(29)30)13-25-21(16)28)9-5-4-6-12-24-15(2)17-10-7-11-20(23)27-17/h4-7,10-14H,3,8-9H2,1-2H3,(H,29,30)/b5-4-,12-6-,24-15?. The number of carboxylic acids is 1. The highest BCUT2D eigenvalue weighted by Crippen LogP contribution is 2.18. The van der Waals surface area contributed by atoms with Gasteiger partial charge in [0, 0.05) is 18.2 Å². The van der Waals surface area contributed by atoms with E-state index < -0.39 is 11.9 Å². The molecule has 0 amide bonds. The van der Waals surface area contributed by atoms with E-state index >= 15 is 0 Å². The van der Waals surface area contributed by atoms with Crippen LogP contribution in [0.3, 0.4) is 0 Å². The second-order valence-corrected chi connectivity index (χ2v) is 6.60. The van der Waals surface area contributed by atoms with Gasteiger partial charge in [0.15, 0.2) is 5.69 Å². The molecule has 1 N–H and O–H groups in total. The molecular weight excluding hydrogens is 385 g/mol. The molecule has 0 fully saturated rings. The van der Waals surface area contributed by atoms with Crippen LogP contribution in [0.25, 0.3) is 5.65 Å². The summed E-state index contributed by atoms with van der Waals surface area (Å²) < 4.78 is 14.7. The van der Waals surface area contributed by atoms with E-state index in [4.69, 9.17) is 0 Å². The number of allylic oxidation sites excluding steroid dienone is 3. The first kappa shape index (κ1) is 21.0. The fourth-order valence-corrected chi connectivity index (χ4v) is 3.01. The Labute approximate surface area is 173 Å². The molecule has 3 rings (SSSR count). The summed E-state index contributed by atoms with van der Waals surface area (Å²) in [5, 5.41) is 9.27. The molecule has 30 heavy (non-hydrogen) atoms. The number of aromatic nitrogens is 4. The zero-order chi connectivity index (χ0) is 21.5. The molecule has 3 aromatic rings. The highest BCUT2D eigenvalue weighted by atomic mass is 19.1. The minimum Gasteiger partial charge on any atom is -0.477 e. The van der Waals surface area contributed by atoms with Gasteiger partial charge in [-0.25, -0.2) is 19.7 Å². The molecular formula is C22H22FN5O2. The highest BCUT2D eigenvalue weighted by Gasteiger charge is 2.15. The van der Waals surface area contributed by atoms with Crippen molar-refractivity contribution in [3.63, 3.8) is 0 Å². The molecule has 0 atom stereocenters. The van der Waals surface area contributed by atoms with Crippen molar-refractivity contribution in [2.45, 2.75) is 33.1 Å². The number of rotatable bonds is 8. The number of fused-ring (bicyclic) bond motifs is 1. The molecule has 0 unspecified atom stereocenters. The van der Waals surface area contributed by atoms with Crippen LogP contribution >= 0.6 is 0 Å². The molecule has 7 nitrogen and oxygen atoms in total. The number of carbonyl (C=O) groups is 1. The van der Waals surface area contributed by atoms with Crippen molar-refractivity contribution in [2.75, 3.05) is 0 Å². The van der Waals surface area contributed by atoms with Gasteiger partial charge in [-0.3, -0.25) is 9.39 Å². The van der Waals surface area contributed by atoms with Crippen LogP contribution in [-0.4, -0.2) is 36.1 Å². The number of aliphatic imine (C=N–C) groups is 1. The maximum absolute atomic E-state index is 13.2. The molecule has 0 bridgehead atoms. The topological polar surface area (TPSA) is 92.7 Å². The lowest BCUT2D eigenvalue weighted by atomic mass is 10.1. The Morgan fingerprint density at radius 1 is 1.30 bits per heavy atom. The average molecular weight is 407 g/mol. The Morgan fingerprint density at radius 3 is 2.87 bits per heavy atom. The second kappa shape index (κ2) is 9.69. The van der Waals surface area contributed by atoms with Crippen LogP contribution in [0.2, 0.25) is 0 Å². The van der Waals surface area contributed by atoms with Crippen molar-refractivity contribution in [2.24, 2.45) is 4.99 Å². The van der Waals surface area contributed by atoms with Gasteiger partial charge in [0.1, 0.15) is 12.0 Å². The predicted molar refractivity (Wildman–Crippen MR) is 112 cm³/mol. The average Bonchev–Trinajstić information content (AvgIpc) is 3.16. The van der Waals surface area contributed by atoms with Crippen molar-refractivity contribution >= 4 is 17.3 Å². The van der Waals surface area contributed by atoms with Crippen LogP contribution in [0.1, 0.15) is 47.7 Å². The summed E-state index contributed by atoms with van der Waals surface area (Å²) in [6, 6.07) is 4.59. The quantitative estimate of drug-likeness (QED) is 0.346. The molecule has 3 aromatic heterocycles. The smallest absolute Gasteiger partial charge is 0.354 e. The number of imidazole rings is 1. The Balaban J connectivity index is 1.72. The third-order valence-electron chi connectivity index (χ3n) is 4.46. The summed E-state index contributed by atoms with van der Waals surface area (Å²) in [6.45, 7) is 3.82. The third kappa shape index (κ3) is 4.83. The van der Waals surface area contributed by atoms with Gasteiger partial charge in [-0.15, -0.1) is 0 Å². The van der Waals surface area contributed by atoms with Crippen molar-refractivity contribution in [1.82, 2.24) is 19.4 Å². The van der Waals surface area contributed by atoms with E-state index in [1.54, 1.807) is 31.3 Å². The molecule has 0 saturated heterocycles. The van der Waals surface area contributed by atoms with Gasteiger partial charge in [-0.05, 0) is 31.6 Å². The van der Waals surface area contributed by atoms with Crippen LogP contribution < -0.4 is 0 Å². The Kier molecular flexibility index (Phi) is 6.79. The van der Waals surface area contributed by atoms with Gasteiger partial charge in [-0.1, -0.05) is 31.6 Å². The number of nitrogens with zero attached hydrogens (tertiary/aromatic N) is 5. The zero-order valence-electron chi connectivity index (χ0n) is 16.8. The first-order chi connectivity index (χ1) is 14.5. The number of carboxylic acid groups (broad SMARTS) is 1. The minimum absolute atomic E-state index is 0.0981. The van der Waals surface area contributed by atoms with Gasteiger partial charge in [0.2, 0.25) is 5.95 Å². The third-order valence-corrected chi connectivity index (χ3v) is 4.46. The first-order valence-electron chi connectivity index (χ1n) is 9.57. The van der Waals surface area contributed by atoms with Gasteiger partial charge in [0.25, 0.3) is 0 Å². The summed E-state index contributed by atoms with van der Waals surface area (Å²) in [7, 11) is 0. The van der Waals surface area contributed by atoms with E-state index in [2.05, 4.69) is 26.9 Å². The largest absolute Gasteiger partial charge is 0.477 e. The number of pyridine rings is 1. The molecule has 0 aromatic carbocycles. The van der Waals surface area contributed by atoms with Crippen LogP contribution in [0.5, 0.6) is 0 Å². The summed E-state index contributed by atoms with van der Waals surface area (Å²) in [6.07, 6.45) is 12.3. The fourth-order valence-electron chi connectivity index (χ4n) is 3.01. The number of aromatic carboxylic acids is 1. The summed E-state index contributed by atoms with van der Waals surface area (Å²) in [5.41, 5.74) is 3.65. The van der Waals surface area contributed by atoms with Crippen molar-refractivity contribution in [1.29, 1.82) is 0 Å². The maximum atomic E-state index is 13.2. The van der Waals surface area contributed by atoms with Crippen LogP contribution in [-0.2, 0) is 12.8 Å². The second-order valence-electron chi connectivity index (χ2n) is 6.60. The van der Waals surface area contributed by atoms with Crippen LogP contribution in [0.15, 0.2) is 60.1 Å². The van der Waals surface area contributed by atoms with E-state index in [0.717, 1.165) is 24.1 Å². The molecule has 0 radical (unpaired) electrons. The molecule has 0 aliphatic heterocycles. The minimum atomic E-state index is -1.03. The SMILES string of the molecule is CCCc1c(C/C=C\C=C/N=C(C)c2cccc(F)n2)ncn2c(C(=O)O)cnc12. The van der Waals surface area contributed by atoms with Crippen LogP contribution in [0, 0.1) is 5.95 Å². The lowest BCUT2D eigenvalue weighted by Crippen LogP contribution is -2.06. The van der Waals surface area contributed by atoms with E-state index in [9.17, 15) is 14.3 Å². The Bertz CT molecular complexity index is 1150. The first-order valence-corrected chi connectivity index (χ1v) is 9.57. The monoisotopic (exact) mass is 407 g/mol. The molecule has 8 heteroatoms. The predicted octanol–water partition coefficient (Wildman–Crippen LogP) is 4.04. The van der Waals surface area contributed by atoms with E-state index in [1.165, 1.54) is 23.0 Å². The molecule has 0 saturated carbocycles. The maximum Gasteiger partial charge on any atom is 0.354 e. The van der Waals surface area contributed by atoms with Gasteiger partial charge in [0.05, 0.1) is 23.3 Å². The summed E-state index contributed by atoms with van der Waals surface area (Å²) in [4.78, 5) is 28.1. The normalized spacial score (nSPS) is 12.4. The molecule has 154 valence electrons. The molecule has 0 aliphatic rings. The Hall–Kier alpha value is -3.68. The molecule has 0 spiro atoms. The molecule has 3 heterocycles. The number of hydrogen-bond donors (Lipinski definition) is 1. The van der Waals surface area contributed by atoms with Crippen LogP contribution in [0.4, 0.5) is 4.39 Å². The fraction of sp³-hybridized carbons (Fsp3) is 0.227. The van der Waals surface area contributed by atoms with Gasteiger partial charge < -0.3 is 5.11 Å². The van der Waals surface area contributed by atoms with E-state index in [-0.39, 0.29) is 5.69 Å². The summed E-state index contributed by atoms with van der Waals surface area (Å²) >= 11 is 0. The molecule has 0 aliphatic carbocycles. The summed E-state index contributed by atoms with van der Waals surface area (Å²) in [5.74, 6) is -1.57. The lowest BCUT2D eigenvalue weighted by Gasteiger charge is -2.08. The van der Waals surface area contributed by atoms with Crippen molar-refractivity contribution in [3.05, 3.63) is 83.7 Å². The highest BCUT2D eigenvalue weighted by molar-refractivity contribution is 5.97.